The third-order valence-corrected chi connectivity index (χ3v) is 3.09. The molecule has 15 heavy (non-hydrogen) atoms. The highest BCUT2D eigenvalue weighted by Gasteiger charge is 2.06. The smallest absolute Gasteiger partial charge is 0.174 e. The van der Waals surface area contributed by atoms with Crippen LogP contribution >= 0.6 is 11.8 Å². The van der Waals surface area contributed by atoms with Crippen LogP contribution in [0.3, 0.4) is 0 Å². The molecule has 2 rings (SSSR count). The summed E-state index contributed by atoms with van der Waals surface area (Å²) >= 11 is 1.47. The number of nitrogen functional groups attached to an aromatic ring is 1. The van der Waals surface area contributed by atoms with Crippen LogP contribution < -0.4 is 5.73 Å². The summed E-state index contributed by atoms with van der Waals surface area (Å²) in [5, 5.41) is 1.69. The molecule has 78 valence electrons. The summed E-state index contributed by atoms with van der Waals surface area (Å²) in [5.74, 6) is 0. The van der Waals surface area contributed by atoms with Gasteiger partial charge in [-0.05, 0) is 30.3 Å². The number of hydrogen-bond donors (Lipinski definition) is 1. The van der Waals surface area contributed by atoms with Gasteiger partial charge in [0.1, 0.15) is 5.03 Å². The van der Waals surface area contributed by atoms with Crippen molar-refractivity contribution in [2.75, 3.05) is 5.73 Å². The Morgan fingerprint density at radius 1 is 1.40 bits per heavy atom. The lowest BCUT2D eigenvalue weighted by Crippen LogP contribution is -1.95. The van der Waals surface area contributed by atoms with Gasteiger partial charge in [-0.3, -0.25) is 0 Å². The van der Waals surface area contributed by atoms with E-state index in [1.807, 2.05) is 37.0 Å². The van der Waals surface area contributed by atoms with Gasteiger partial charge >= 0.3 is 0 Å². The van der Waals surface area contributed by atoms with E-state index in [4.69, 9.17) is 5.73 Å². The van der Waals surface area contributed by atoms with Crippen molar-refractivity contribution in [3.8, 4) is 0 Å². The van der Waals surface area contributed by atoms with Crippen molar-refractivity contribution in [1.82, 2.24) is 14.5 Å². The molecule has 0 aliphatic rings. The molecule has 0 radical (unpaired) electrons. The van der Waals surface area contributed by atoms with Crippen molar-refractivity contribution < 1.29 is 0 Å². The largest absolute Gasteiger partial charge is 0.397 e. The van der Waals surface area contributed by atoms with E-state index in [1.165, 1.54) is 11.8 Å². The van der Waals surface area contributed by atoms with E-state index in [0.717, 1.165) is 15.7 Å². The molecule has 2 heterocycles. The lowest BCUT2D eigenvalue weighted by molar-refractivity contribution is 0.789. The van der Waals surface area contributed by atoms with Crippen LogP contribution in [0.2, 0.25) is 0 Å². The van der Waals surface area contributed by atoms with Crippen molar-refractivity contribution in [3.63, 3.8) is 0 Å². The van der Waals surface area contributed by atoms with Crippen molar-refractivity contribution in [3.05, 3.63) is 30.2 Å². The molecule has 4 nitrogen and oxygen atoms in total. The van der Waals surface area contributed by atoms with Gasteiger partial charge in [-0.15, -0.1) is 0 Å². The van der Waals surface area contributed by atoms with Crippen LogP contribution in [0, 0.1) is 6.92 Å². The highest BCUT2D eigenvalue weighted by molar-refractivity contribution is 7.99. The fourth-order valence-electron chi connectivity index (χ4n) is 1.20. The first-order chi connectivity index (χ1) is 7.16. The molecule has 0 saturated heterocycles. The maximum atomic E-state index is 5.87. The summed E-state index contributed by atoms with van der Waals surface area (Å²) in [6.07, 6.45) is 5.46. The van der Waals surface area contributed by atoms with Crippen molar-refractivity contribution >= 4 is 17.4 Å². The average Bonchev–Trinajstić information content (AvgIpc) is 2.57. The van der Waals surface area contributed by atoms with E-state index < -0.39 is 0 Å². The number of nitrogens with zero attached hydrogens (tertiary/aromatic N) is 3. The van der Waals surface area contributed by atoms with Gasteiger partial charge in [-0.1, -0.05) is 0 Å². The summed E-state index contributed by atoms with van der Waals surface area (Å²) in [6, 6.07) is 1.91. The molecule has 0 saturated carbocycles. The van der Waals surface area contributed by atoms with E-state index in [-0.39, 0.29) is 0 Å². The summed E-state index contributed by atoms with van der Waals surface area (Å²) < 4.78 is 1.94. The number of rotatable bonds is 2. The molecule has 5 heteroatoms. The summed E-state index contributed by atoms with van der Waals surface area (Å²) in [6.45, 7) is 1.97. The van der Waals surface area contributed by atoms with Gasteiger partial charge in [0.2, 0.25) is 0 Å². The Balaban J connectivity index is 2.29. The van der Waals surface area contributed by atoms with Gasteiger partial charge in [0, 0.05) is 25.6 Å². The second kappa shape index (κ2) is 3.94. The molecule has 0 fully saturated rings. The highest BCUT2D eigenvalue weighted by atomic mass is 32.2. The monoisotopic (exact) mass is 220 g/mol. The normalized spacial score (nSPS) is 10.5. The van der Waals surface area contributed by atoms with Crippen LogP contribution in [-0.4, -0.2) is 14.5 Å². The fraction of sp³-hybridized carbons (Fsp3) is 0.200. The Labute approximate surface area is 92.5 Å². The van der Waals surface area contributed by atoms with E-state index >= 15 is 0 Å². The molecule has 0 aliphatic carbocycles. The minimum absolute atomic E-state index is 0.697. The van der Waals surface area contributed by atoms with Gasteiger partial charge < -0.3 is 10.3 Å². The van der Waals surface area contributed by atoms with Crippen LogP contribution in [0.15, 0.2) is 34.8 Å². The van der Waals surface area contributed by atoms with E-state index in [2.05, 4.69) is 9.97 Å². The molecule has 2 N–H and O–H groups in total. The molecule has 0 atom stereocenters. The number of aryl methyl sites for hydroxylation is 2. The molecule has 0 bridgehead atoms. The van der Waals surface area contributed by atoms with Crippen molar-refractivity contribution in [2.45, 2.75) is 17.1 Å². The second-order valence-corrected chi connectivity index (χ2v) is 4.29. The SMILES string of the molecule is Cc1cnc(Sc2nccn2C)c(N)c1. The molecule has 0 amide bonds. The quantitative estimate of drug-likeness (QED) is 0.839. The maximum Gasteiger partial charge on any atom is 0.174 e. The van der Waals surface area contributed by atoms with Crippen LogP contribution in [0.25, 0.3) is 0 Å². The minimum atomic E-state index is 0.697. The molecule has 2 aromatic rings. The highest BCUT2D eigenvalue weighted by Crippen LogP contribution is 2.28. The predicted octanol–water partition coefficient (Wildman–Crippen LogP) is 1.86. The molecular formula is C10H12N4S. The summed E-state index contributed by atoms with van der Waals surface area (Å²) in [5.41, 5.74) is 7.63. The Morgan fingerprint density at radius 2 is 2.20 bits per heavy atom. The fourth-order valence-corrected chi connectivity index (χ4v) is 1.97. The van der Waals surface area contributed by atoms with Crippen LogP contribution in [0.4, 0.5) is 5.69 Å². The topological polar surface area (TPSA) is 56.7 Å². The molecule has 0 aromatic carbocycles. The van der Waals surface area contributed by atoms with Crippen molar-refractivity contribution in [2.24, 2.45) is 7.05 Å². The zero-order valence-corrected chi connectivity index (χ0v) is 9.45. The molecule has 0 unspecified atom stereocenters. The first-order valence-corrected chi connectivity index (χ1v) is 5.36. The van der Waals surface area contributed by atoms with Gasteiger partial charge in [-0.2, -0.15) is 0 Å². The zero-order chi connectivity index (χ0) is 10.8. The molecule has 0 aliphatic heterocycles. The first kappa shape index (κ1) is 10.0. The van der Waals surface area contributed by atoms with Gasteiger partial charge in [0.05, 0.1) is 5.69 Å². The molecule has 0 spiro atoms. The lowest BCUT2D eigenvalue weighted by Gasteiger charge is -2.04. The average molecular weight is 220 g/mol. The molecule has 2 aromatic heterocycles. The van der Waals surface area contributed by atoms with Crippen LogP contribution in [0.5, 0.6) is 0 Å². The predicted molar refractivity (Wildman–Crippen MR) is 60.7 cm³/mol. The Morgan fingerprint density at radius 3 is 2.80 bits per heavy atom. The maximum absolute atomic E-state index is 5.87. The Kier molecular flexibility index (Phi) is 2.64. The number of pyridine rings is 1. The van der Waals surface area contributed by atoms with Crippen LogP contribution in [0.1, 0.15) is 5.56 Å². The standard InChI is InChI=1S/C10H12N4S/c1-7-5-8(11)9(13-6-7)15-10-12-3-4-14(10)2/h3-6H,11H2,1-2H3. The van der Waals surface area contributed by atoms with Gasteiger partial charge in [-0.25, -0.2) is 9.97 Å². The lowest BCUT2D eigenvalue weighted by atomic mass is 10.3. The zero-order valence-electron chi connectivity index (χ0n) is 8.64. The van der Waals surface area contributed by atoms with E-state index in [1.54, 1.807) is 6.20 Å². The third kappa shape index (κ3) is 2.12. The third-order valence-electron chi connectivity index (χ3n) is 1.98. The number of imidazole rings is 1. The number of aromatic nitrogens is 3. The second-order valence-electron chi connectivity index (χ2n) is 3.33. The van der Waals surface area contributed by atoms with E-state index in [0.29, 0.717) is 5.69 Å². The summed E-state index contributed by atoms with van der Waals surface area (Å²) in [4.78, 5) is 8.48. The number of hydrogen-bond acceptors (Lipinski definition) is 4. The van der Waals surface area contributed by atoms with Gasteiger partial charge in [0.15, 0.2) is 5.16 Å². The molecular weight excluding hydrogens is 208 g/mol. The number of anilines is 1. The number of nitrogens with two attached hydrogens (primary N) is 1. The minimum Gasteiger partial charge on any atom is -0.397 e. The first-order valence-electron chi connectivity index (χ1n) is 4.54. The van der Waals surface area contributed by atoms with Crippen molar-refractivity contribution in [1.29, 1.82) is 0 Å². The Hall–Kier alpha value is -1.49. The van der Waals surface area contributed by atoms with Gasteiger partial charge in [0.25, 0.3) is 0 Å². The summed E-state index contributed by atoms with van der Waals surface area (Å²) in [7, 11) is 1.94. The Bertz CT molecular complexity index is 478. The van der Waals surface area contributed by atoms with E-state index in [9.17, 15) is 0 Å². The van der Waals surface area contributed by atoms with Crippen LogP contribution in [-0.2, 0) is 7.05 Å².